The van der Waals surface area contributed by atoms with Crippen molar-refractivity contribution in [3.8, 4) is 6.07 Å². The van der Waals surface area contributed by atoms with E-state index in [0.29, 0.717) is 5.70 Å². The third-order valence-electron chi connectivity index (χ3n) is 3.00. The Hall–Kier alpha value is -0.970. The van der Waals surface area contributed by atoms with Crippen LogP contribution in [0.15, 0.2) is 12.3 Å². The van der Waals surface area contributed by atoms with Gasteiger partial charge in [0, 0.05) is 6.54 Å². The fourth-order valence-corrected chi connectivity index (χ4v) is 1.89. The molecule has 0 aromatic carbocycles. The van der Waals surface area contributed by atoms with Crippen molar-refractivity contribution in [3.63, 3.8) is 0 Å². The van der Waals surface area contributed by atoms with Gasteiger partial charge in [0.2, 0.25) is 0 Å². The first kappa shape index (κ1) is 16.0. The van der Waals surface area contributed by atoms with Gasteiger partial charge in [0.1, 0.15) is 11.8 Å². The fraction of sp³-hybridized carbons (Fsp3) is 0.800. The summed E-state index contributed by atoms with van der Waals surface area (Å²) in [6.45, 7) is 6.73. The first-order valence-corrected chi connectivity index (χ1v) is 7.14. The number of allylic oxidation sites excluding steroid dienone is 1. The molecule has 0 rings (SSSR count). The van der Waals surface area contributed by atoms with Gasteiger partial charge < -0.3 is 5.32 Å². The van der Waals surface area contributed by atoms with E-state index in [1.165, 1.54) is 57.8 Å². The number of rotatable bonds is 12. The molecule has 0 saturated carbocycles. The van der Waals surface area contributed by atoms with Gasteiger partial charge in [-0.3, -0.25) is 0 Å². The molecule has 0 amide bonds. The van der Waals surface area contributed by atoms with E-state index in [9.17, 15) is 0 Å². The van der Waals surface area contributed by atoms with E-state index in [-0.39, 0.29) is 0 Å². The van der Waals surface area contributed by atoms with Crippen LogP contribution < -0.4 is 5.32 Å². The minimum absolute atomic E-state index is 0.487. The Morgan fingerprint density at radius 2 is 1.41 bits per heavy atom. The van der Waals surface area contributed by atoms with Gasteiger partial charge in [0.25, 0.3) is 0 Å². The van der Waals surface area contributed by atoms with Gasteiger partial charge in [-0.2, -0.15) is 5.26 Å². The van der Waals surface area contributed by atoms with E-state index in [0.717, 1.165) is 13.0 Å². The van der Waals surface area contributed by atoms with Crippen molar-refractivity contribution in [2.45, 2.75) is 71.1 Å². The Morgan fingerprint density at radius 3 is 1.88 bits per heavy atom. The van der Waals surface area contributed by atoms with Crippen molar-refractivity contribution in [2.24, 2.45) is 0 Å². The molecule has 0 fully saturated rings. The highest BCUT2D eigenvalue weighted by Gasteiger charge is 1.93. The average molecular weight is 236 g/mol. The Labute approximate surface area is 107 Å². The minimum atomic E-state index is 0.487. The maximum Gasteiger partial charge on any atom is 0.116 e. The van der Waals surface area contributed by atoms with Crippen LogP contribution in [0.5, 0.6) is 0 Å². The van der Waals surface area contributed by atoms with Crippen LogP contribution in [-0.4, -0.2) is 6.54 Å². The van der Waals surface area contributed by atoms with Crippen molar-refractivity contribution in [3.05, 3.63) is 12.3 Å². The Morgan fingerprint density at radius 1 is 0.941 bits per heavy atom. The monoisotopic (exact) mass is 236 g/mol. The Balaban J connectivity index is 2.99. The highest BCUT2D eigenvalue weighted by molar-refractivity contribution is 5.12. The molecule has 0 bridgehead atoms. The fourth-order valence-electron chi connectivity index (χ4n) is 1.89. The maximum absolute atomic E-state index is 8.48. The average Bonchev–Trinajstić information content (AvgIpc) is 2.35. The summed E-state index contributed by atoms with van der Waals surface area (Å²) in [7, 11) is 0. The number of hydrogen-bond acceptors (Lipinski definition) is 2. The quantitative estimate of drug-likeness (QED) is 0.399. The van der Waals surface area contributed by atoms with Crippen LogP contribution in [0.2, 0.25) is 0 Å². The molecule has 0 saturated heterocycles. The van der Waals surface area contributed by atoms with Crippen molar-refractivity contribution in [1.82, 2.24) is 5.32 Å². The van der Waals surface area contributed by atoms with Crippen LogP contribution in [0.4, 0.5) is 0 Å². The maximum atomic E-state index is 8.48. The molecule has 0 spiro atoms. The molecule has 0 unspecified atom stereocenters. The molecule has 1 N–H and O–H groups in total. The first-order chi connectivity index (χ1) is 8.31. The smallest absolute Gasteiger partial charge is 0.116 e. The van der Waals surface area contributed by atoms with Crippen LogP contribution in [0, 0.1) is 11.3 Å². The molecule has 17 heavy (non-hydrogen) atoms. The van der Waals surface area contributed by atoms with Gasteiger partial charge in [-0.1, -0.05) is 71.3 Å². The molecule has 98 valence electrons. The summed E-state index contributed by atoms with van der Waals surface area (Å²) in [4.78, 5) is 0. The second-order valence-corrected chi connectivity index (χ2v) is 4.70. The van der Waals surface area contributed by atoms with Crippen LogP contribution in [-0.2, 0) is 0 Å². The van der Waals surface area contributed by atoms with Gasteiger partial charge in [0.15, 0.2) is 0 Å². The zero-order chi connectivity index (χ0) is 12.8. The van der Waals surface area contributed by atoms with Gasteiger partial charge in [-0.15, -0.1) is 0 Å². The third-order valence-corrected chi connectivity index (χ3v) is 3.00. The topological polar surface area (TPSA) is 35.8 Å². The third kappa shape index (κ3) is 13.0. The van der Waals surface area contributed by atoms with Gasteiger partial charge >= 0.3 is 0 Å². The first-order valence-electron chi connectivity index (χ1n) is 7.14. The van der Waals surface area contributed by atoms with Crippen LogP contribution >= 0.6 is 0 Å². The van der Waals surface area contributed by atoms with Gasteiger partial charge in [0.05, 0.1) is 0 Å². The lowest BCUT2D eigenvalue weighted by Crippen LogP contribution is -2.12. The SMILES string of the molecule is C=C(C#N)NCCCCCCCCCCCC. The van der Waals surface area contributed by atoms with Crippen LogP contribution in [0.25, 0.3) is 0 Å². The molecule has 0 aromatic rings. The molecule has 0 aliphatic carbocycles. The van der Waals surface area contributed by atoms with Crippen molar-refractivity contribution in [1.29, 1.82) is 5.26 Å². The van der Waals surface area contributed by atoms with Gasteiger partial charge in [-0.05, 0) is 6.42 Å². The van der Waals surface area contributed by atoms with Crippen molar-refractivity contribution >= 4 is 0 Å². The number of nitrogens with one attached hydrogen (secondary N) is 1. The highest BCUT2D eigenvalue weighted by Crippen LogP contribution is 2.10. The summed E-state index contributed by atoms with van der Waals surface area (Å²) >= 11 is 0. The van der Waals surface area contributed by atoms with Gasteiger partial charge in [-0.25, -0.2) is 0 Å². The van der Waals surface area contributed by atoms with E-state index in [4.69, 9.17) is 5.26 Å². The molecular formula is C15H28N2. The molecule has 0 heterocycles. The largest absolute Gasteiger partial charge is 0.377 e. The van der Waals surface area contributed by atoms with Crippen LogP contribution in [0.3, 0.4) is 0 Å². The van der Waals surface area contributed by atoms with Crippen molar-refractivity contribution < 1.29 is 0 Å². The number of nitriles is 1. The molecule has 0 atom stereocenters. The Kier molecular flexibility index (Phi) is 12.3. The van der Waals surface area contributed by atoms with Crippen molar-refractivity contribution in [2.75, 3.05) is 6.54 Å². The lowest BCUT2D eigenvalue weighted by atomic mass is 10.1. The zero-order valence-corrected chi connectivity index (χ0v) is 11.4. The Bertz CT molecular complexity index is 215. The lowest BCUT2D eigenvalue weighted by Gasteiger charge is -2.03. The molecule has 0 radical (unpaired) electrons. The highest BCUT2D eigenvalue weighted by atomic mass is 14.9. The molecule has 0 aliphatic heterocycles. The van der Waals surface area contributed by atoms with E-state index in [2.05, 4.69) is 18.8 Å². The second-order valence-electron chi connectivity index (χ2n) is 4.70. The van der Waals surface area contributed by atoms with Crippen LogP contribution in [0.1, 0.15) is 71.1 Å². The summed E-state index contributed by atoms with van der Waals surface area (Å²) in [5.41, 5.74) is 0.487. The molecule has 2 heteroatoms. The zero-order valence-electron chi connectivity index (χ0n) is 11.4. The minimum Gasteiger partial charge on any atom is -0.377 e. The van der Waals surface area contributed by atoms with E-state index in [1.54, 1.807) is 0 Å². The van der Waals surface area contributed by atoms with E-state index >= 15 is 0 Å². The molecule has 2 nitrogen and oxygen atoms in total. The van der Waals surface area contributed by atoms with E-state index < -0.39 is 0 Å². The predicted molar refractivity (Wildman–Crippen MR) is 74.6 cm³/mol. The molecule has 0 aromatic heterocycles. The second kappa shape index (κ2) is 13.1. The normalized spacial score (nSPS) is 9.88. The number of nitrogens with zero attached hydrogens (tertiary/aromatic N) is 1. The summed E-state index contributed by atoms with van der Waals surface area (Å²) in [6, 6.07) is 1.99. The summed E-state index contributed by atoms with van der Waals surface area (Å²) < 4.78 is 0. The lowest BCUT2D eigenvalue weighted by molar-refractivity contribution is 0.552. The summed E-state index contributed by atoms with van der Waals surface area (Å²) in [5, 5.41) is 11.5. The number of hydrogen-bond donors (Lipinski definition) is 1. The molecular weight excluding hydrogens is 208 g/mol. The predicted octanol–water partition coefficient (Wildman–Crippen LogP) is 4.53. The van der Waals surface area contributed by atoms with E-state index in [1.807, 2.05) is 6.07 Å². The standard InChI is InChI=1S/C15H28N2/c1-3-4-5-6-7-8-9-10-11-12-13-17-15(2)14-16/h17H,2-13H2,1H3. The summed E-state index contributed by atoms with van der Waals surface area (Å²) in [5.74, 6) is 0. The summed E-state index contributed by atoms with van der Waals surface area (Å²) in [6.07, 6.45) is 13.5. The number of unbranched alkanes of at least 4 members (excludes halogenated alkanes) is 9. The molecule has 0 aliphatic rings.